The fourth-order valence-corrected chi connectivity index (χ4v) is 3.05. The van der Waals surface area contributed by atoms with Crippen molar-refractivity contribution in [2.24, 2.45) is 0 Å². The molecule has 4 rings (SSSR count). The summed E-state index contributed by atoms with van der Waals surface area (Å²) in [5.74, 6) is 0.854. The molecule has 0 unspecified atom stereocenters. The molecule has 0 fully saturated rings. The van der Waals surface area contributed by atoms with Crippen molar-refractivity contribution in [1.29, 1.82) is 0 Å². The van der Waals surface area contributed by atoms with Gasteiger partial charge < -0.3 is 9.72 Å². The molecule has 2 aromatic carbocycles. The lowest BCUT2D eigenvalue weighted by atomic mass is 10.1. The Kier molecular flexibility index (Phi) is 4.52. The van der Waals surface area contributed by atoms with Gasteiger partial charge in [0.2, 0.25) is 0 Å². The number of nitrogens with one attached hydrogen (secondary N) is 1. The number of aromatic amines is 1. The first-order valence-corrected chi connectivity index (χ1v) is 8.66. The molecule has 130 valence electrons. The normalized spacial score (nSPS) is 11.3. The van der Waals surface area contributed by atoms with Crippen molar-refractivity contribution in [2.75, 3.05) is 7.11 Å². The van der Waals surface area contributed by atoms with Crippen molar-refractivity contribution in [1.82, 2.24) is 9.97 Å². The van der Waals surface area contributed by atoms with Crippen molar-refractivity contribution in [3.63, 3.8) is 0 Å². The zero-order valence-corrected chi connectivity index (χ0v) is 14.6. The fourth-order valence-electron chi connectivity index (χ4n) is 3.05. The molecule has 4 aromatic rings. The van der Waals surface area contributed by atoms with Gasteiger partial charge in [0, 0.05) is 18.7 Å². The molecule has 0 spiro atoms. The van der Waals surface area contributed by atoms with Gasteiger partial charge in [-0.1, -0.05) is 42.5 Å². The van der Waals surface area contributed by atoms with E-state index in [-0.39, 0.29) is 1.43 Å². The molecule has 2 aromatic heterocycles. The third kappa shape index (κ3) is 3.38. The number of rotatable bonds is 5. The predicted octanol–water partition coefficient (Wildman–Crippen LogP) is 5.74. The van der Waals surface area contributed by atoms with Crippen LogP contribution in [-0.4, -0.2) is 17.1 Å². The summed E-state index contributed by atoms with van der Waals surface area (Å²) in [6, 6.07) is 22.7. The molecule has 0 aliphatic rings. The Morgan fingerprint density at radius 1 is 1.04 bits per heavy atom. The van der Waals surface area contributed by atoms with Crippen LogP contribution in [0.3, 0.4) is 0 Å². The zero-order chi connectivity index (χ0) is 17.8. The average Bonchev–Trinajstić information content (AvgIpc) is 3.14. The van der Waals surface area contributed by atoms with Gasteiger partial charge in [-0.2, -0.15) is 0 Å². The first kappa shape index (κ1) is 16.2. The molecule has 1 N–H and O–H groups in total. The zero-order valence-electron chi connectivity index (χ0n) is 14.6. The molecular weight excluding hydrogens is 320 g/mol. The smallest absolute Gasteiger partial charge is 0.138 e. The second-order valence-corrected chi connectivity index (χ2v) is 6.17. The maximum atomic E-state index is 5.23. The molecule has 2 heterocycles. The van der Waals surface area contributed by atoms with Crippen LogP contribution in [0.4, 0.5) is 0 Å². The summed E-state index contributed by atoms with van der Waals surface area (Å²) in [6.45, 7) is 0. The van der Waals surface area contributed by atoms with E-state index in [4.69, 9.17) is 4.74 Å². The van der Waals surface area contributed by atoms with Crippen LogP contribution in [0.2, 0.25) is 0 Å². The van der Waals surface area contributed by atoms with E-state index in [1.54, 1.807) is 7.11 Å². The van der Waals surface area contributed by atoms with E-state index < -0.39 is 0 Å². The molecule has 0 aliphatic carbocycles. The monoisotopic (exact) mass is 342 g/mol. The number of allylic oxidation sites excluding steroid dienone is 1. The minimum Gasteiger partial charge on any atom is -0.497 e. The number of pyridine rings is 1. The number of nitrogens with zero attached hydrogens (tertiary/aromatic N) is 1. The maximum Gasteiger partial charge on any atom is 0.138 e. The maximum absolute atomic E-state index is 5.23. The van der Waals surface area contributed by atoms with Crippen LogP contribution in [0.1, 0.15) is 12.6 Å². The van der Waals surface area contributed by atoms with Crippen molar-refractivity contribution >= 4 is 17.1 Å². The molecule has 3 heteroatoms. The predicted molar refractivity (Wildman–Crippen MR) is 109 cm³/mol. The summed E-state index contributed by atoms with van der Waals surface area (Å²) in [5.41, 5.74) is 5.55. The highest BCUT2D eigenvalue weighted by molar-refractivity contribution is 5.90. The van der Waals surface area contributed by atoms with Gasteiger partial charge in [-0.15, -0.1) is 0 Å². The Hall–Kier alpha value is -3.33. The molecule has 26 heavy (non-hydrogen) atoms. The third-order valence-corrected chi connectivity index (χ3v) is 4.46. The second kappa shape index (κ2) is 7.28. The lowest BCUT2D eigenvalue weighted by Crippen LogP contribution is -1.82. The second-order valence-electron chi connectivity index (χ2n) is 6.17. The van der Waals surface area contributed by atoms with Gasteiger partial charge >= 0.3 is 0 Å². The van der Waals surface area contributed by atoms with Crippen molar-refractivity contribution < 1.29 is 6.16 Å². The van der Waals surface area contributed by atoms with E-state index in [9.17, 15) is 0 Å². The van der Waals surface area contributed by atoms with Crippen LogP contribution in [0.25, 0.3) is 28.4 Å². The summed E-state index contributed by atoms with van der Waals surface area (Å²) in [5, 5.41) is 1.13. The van der Waals surface area contributed by atoms with Gasteiger partial charge in [0.15, 0.2) is 0 Å². The number of benzene rings is 2. The van der Waals surface area contributed by atoms with Crippen LogP contribution in [0, 0.1) is 0 Å². The van der Waals surface area contributed by atoms with E-state index in [1.165, 1.54) is 11.1 Å². The van der Waals surface area contributed by atoms with Gasteiger partial charge in [-0.3, -0.25) is 0 Å². The third-order valence-electron chi connectivity index (χ3n) is 4.46. The van der Waals surface area contributed by atoms with Crippen LogP contribution in [0.5, 0.6) is 5.75 Å². The Bertz CT molecular complexity index is 1040. The van der Waals surface area contributed by atoms with Crippen LogP contribution in [0.15, 0.2) is 79.0 Å². The van der Waals surface area contributed by atoms with Gasteiger partial charge in [-0.05, 0) is 59.5 Å². The van der Waals surface area contributed by atoms with Gasteiger partial charge in [0.05, 0.1) is 7.11 Å². The van der Waals surface area contributed by atoms with Gasteiger partial charge in [-0.25, -0.2) is 4.98 Å². The molecular formula is C23H22N2O. The SMILES string of the molecule is COc1ccc(-c2cc3c(C=CCc4ccccc4)ccnc3[nH]2)cc1.[HH]. The topological polar surface area (TPSA) is 37.9 Å². The molecule has 0 bridgehead atoms. The average molecular weight is 342 g/mol. The van der Waals surface area contributed by atoms with E-state index in [2.05, 4.69) is 70.7 Å². The minimum atomic E-state index is 0. The molecule has 0 atom stereocenters. The molecule has 0 amide bonds. The highest BCUT2D eigenvalue weighted by atomic mass is 16.5. The van der Waals surface area contributed by atoms with Crippen LogP contribution >= 0.6 is 0 Å². The molecule has 3 nitrogen and oxygen atoms in total. The van der Waals surface area contributed by atoms with E-state index in [0.717, 1.165) is 34.5 Å². The van der Waals surface area contributed by atoms with Crippen LogP contribution in [-0.2, 0) is 6.42 Å². The molecule has 0 saturated heterocycles. The number of aromatic nitrogens is 2. The van der Waals surface area contributed by atoms with Gasteiger partial charge in [0.1, 0.15) is 11.4 Å². The quantitative estimate of drug-likeness (QED) is 0.502. The number of H-pyrrole nitrogens is 1. The summed E-state index contributed by atoms with van der Waals surface area (Å²) >= 11 is 0. The van der Waals surface area contributed by atoms with E-state index in [1.807, 2.05) is 24.4 Å². The number of hydrogen-bond donors (Lipinski definition) is 1. The molecule has 0 radical (unpaired) electrons. The summed E-state index contributed by atoms with van der Waals surface area (Å²) in [4.78, 5) is 7.89. The fraction of sp³-hybridized carbons (Fsp3) is 0.0870. The highest BCUT2D eigenvalue weighted by Gasteiger charge is 2.07. The van der Waals surface area contributed by atoms with Crippen molar-refractivity contribution in [2.45, 2.75) is 6.42 Å². The Balaban J connectivity index is 0.00000210. The summed E-state index contributed by atoms with van der Waals surface area (Å²) < 4.78 is 5.23. The number of hydrogen-bond acceptors (Lipinski definition) is 2. The van der Waals surface area contributed by atoms with Crippen molar-refractivity contribution in [3.8, 4) is 17.0 Å². The Morgan fingerprint density at radius 3 is 2.62 bits per heavy atom. The summed E-state index contributed by atoms with van der Waals surface area (Å²) in [6.07, 6.45) is 7.13. The Labute approximate surface area is 154 Å². The molecule has 0 saturated carbocycles. The van der Waals surface area contributed by atoms with E-state index >= 15 is 0 Å². The first-order chi connectivity index (χ1) is 12.8. The van der Waals surface area contributed by atoms with Crippen molar-refractivity contribution in [3.05, 3.63) is 90.1 Å². The Morgan fingerprint density at radius 2 is 1.85 bits per heavy atom. The minimum absolute atomic E-state index is 0. The highest BCUT2D eigenvalue weighted by Crippen LogP contribution is 2.27. The first-order valence-electron chi connectivity index (χ1n) is 8.66. The van der Waals surface area contributed by atoms with Gasteiger partial charge in [0.25, 0.3) is 0 Å². The number of ether oxygens (including phenoxy) is 1. The summed E-state index contributed by atoms with van der Waals surface area (Å²) in [7, 11) is 1.68. The largest absolute Gasteiger partial charge is 0.497 e. The van der Waals surface area contributed by atoms with Crippen LogP contribution < -0.4 is 4.74 Å². The lowest BCUT2D eigenvalue weighted by molar-refractivity contribution is 0.415. The lowest BCUT2D eigenvalue weighted by Gasteiger charge is -2.00. The number of methoxy groups -OCH3 is 1. The van der Waals surface area contributed by atoms with E-state index in [0.29, 0.717) is 0 Å². The standard InChI is InChI=1S/C23H20N2O.H2/c1-26-20-12-10-19(11-13-20)22-16-21-18(14-15-24-23(21)25-22)9-5-8-17-6-3-2-4-7-17;/h2-7,9-16H,8H2,1H3,(H,24,25);1H. The molecule has 0 aliphatic heterocycles. The number of fused-ring (bicyclic) bond motifs is 1.